The normalized spacial score (nSPS) is 10.4. The van der Waals surface area contributed by atoms with Gasteiger partial charge in [0.2, 0.25) is 11.8 Å². The first-order valence-corrected chi connectivity index (χ1v) is 9.94. The molecule has 0 aliphatic rings. The van der Waals surface area contributed by atoms with Crippen molar-refractivity contribution in [3.63, 3.8) is 0 Å². The molecule has 0 bridgehead atoms. The summed E-state index contributed by atoms with van der Waals surface area (Å²) in [6.45, 7) is 0. The third kappa shape index (κ3) is 5.55. The number of nitrogens with one attached hydrogen (secondary N) is 1. The van der Waals surface area contributed by atoms with E-state index in [1.165, 1.54) is 24.0 Å². The molecule has 0 radical (unpaired) electrons. The molecule has 5 nitrogen and oxygen atoms in total. The van der Waals surface area contributed by atoms with Crippen LogP contribution in [-0.4, -0.2) is 23.8 Å². The third-order valence-electron chi connectivity index (χ3n) is 3.57. The second-order valence-electron chi connectivity index (χ2n) is 5.55. The van der Waals surface area contributed by atoms with Crippen molar-refractivity contribution in [2.45, 2.75) is 4.90 Å². The summed E-state index contributed by atoms with van der Waals surface area (Å²) in [6, 6.07) is 16.1. The van der Waals surface area contributed by atoms with Gasteiger partial charge >= 0.3 is 0 Å². The Balaban J connectivity index is 1.64. The molecule has 1 amide bonds. The SMILES string of the molecule is COc1ccc(SCC(=O)Nc2ccccc2Oc2ncc(Cl)cc2Cl)cc1. The van der Waals surface area contributed by atoms with Crippen LogP contribution < -0.4 is 14.8 Å². The van der Waals surface area contributed by atoms with E-state index >= 15 is 0 Å². The predicted molar refractivity (Wildman–Crippen MR) is 113 cm³/mol. The Labute approximate surface area is 177 Å². The zero-order chi connectivity index (χ0) is 19.9. The van der Waals surface area contributed by atoms with Crippen LogP contribution in [0.25, 0.3) is 0 Å². The molecule has 1 N–H and O–H groups in total. The fraction of sp³-hybridized carbons (Fsp3) is 0.100. The fourth-order valence-electron chi connectivity index (χ4n) is 2.25. The standard InChI is InChI=1S/C20H16Cl2N2O3S/c1-26-14-6-8-15(9-7-14)28-12-19(25)24-17-4-2-3-5-18(17)27-20-16(22)10-13(21)11-23-20/h2-11H,12H2,1H3,(H,24,25). The van der Waals surface area contributed by atoms with Crippen molar-refractivity contribution < 1.29 is 14.3 Å². The van der Waals surface area contributed by atoms with Gasteiger partial charge in [0.25, 0.3) is 0 Å². The molecule has 144 valence electrons. The average Bonchev–Trinajstić information content (AvgIpc) is 2.70. The Bertz CT molecular complexity index is 968. The van der Waals surface area contributed by atoms with E-state index in [0.717, 1.165) is 10.6 Å². The van der Waals surface area contributed by atoms with Crippen molar-refractivity contribution in [2.24, 2.45) is 0 Å². The monoisotopic (exact) mass is 434 g/mol. The number of amides is 1. The van der Waals surface area contributed by atoms with Crippen molar-refractivity contribution in [1.82, 2.24) is 4.98 Å². The number of carbonyl (C=O) groups is 1. The number of hydrogen-bond donors (Lipinski definition) is 1. The van der Waals surface area contributed by atoms with Gasteiger partial charge in [-0.15, -0.1) is 11.8 Å². The van der Waals surface area contributed by atoms with Crippen LogP contribution >= 0.6 is 35.0 Å². The third-order valence-corrected chi connectivity index (χ3v) is 5.06. The van der Waals surface area contributed by atoms with Crippen molar-refractivity contribution in [3.05, 3.63) is 70.8 Å². The number of para-hydroxylation sites is 2. The molecule has 0 unspecified atom stereocenters. The molecule has 0 atom stereocenters. The molecule has 0 fully saturated rings. The molecule has 2 aromatic carbocycles. The van der Waals surface area contributed by atoms with E-state index < -0.39 is 0 Å². The van der Waals surface area contributed by atoms with Crippen molar-refractivity contribution in [1.29, 1.82) is 0 Å². The molecule has 0 saturated carbocycles. The van der Waals surface area contributed by atoms with Gasteiger partial charge in [0, 0.05) is 11.1 Å². The van der Waals surface area contributed by atoms with Crippen LogP contribution in [0.1, 0.15) is 0 Å². The first-order valence-electron chi connectivity index (χ1n) is 8.20. The Kier molecular flexibility index (Phi) is 7.03. The maximum atomic E-state index is 12.4. The van der Waals surface area contributed by atoms with E-state index in [1.54, 1.807) is 31.4 Å². The van der Waals surface area contributed by atoms with Crippen LogP contribution in [-0.2, 0) is 4.79 Å². The van der Waals surface area contributed by atoms with E-state index in [4.69, 9.17) is 32.7 Å². The summed E-state index contributed by atoms with van der Waals surface area (Å²) >= 11 is 13.4. The predicted octanol–water partition coefficient (Wildman–Crippen LogP) is 5.92. The zero-order valence-electron chi connectivity index (χ0n) is 14.8. The number of halogens is 2. The molecular formula is C20H16Cl2N2O3S. The number of carbonyl (C=O) groups excluding carboxylic acids is 1. The van der Waals surface area contributed by atoms with Gasteiger partial charge in [0.15, 0.2) is 5.75 Å². The topological polar surface area (TPSA) is 60.5 Å². The van der Waals surface area contributed by atoms with Crippen LogP contribution in [0.4, 0.5) is 5.69 Å². The molecule has 1 aromatic heterocycles. The highest BCUT2D eigenvalue weighted by atomic mass is 35.5. The minimum Gasteiger partial charge on any atom is -0.497 e. The average molecular weight is 435 g/mol. The number of rotatable bonds is 7. The molecule has 8 heteroatoms. The van der Waals surface area contributed by atoms with Gasteiger partial charge in [0.1, 0.15) is 10.8 Å². The van der Waals surface area contributed by atoms with Crippen LogP contribution in [0.15, 0.2) is 65.7 Å². The van der Waals surface area contributed by atoms with Crippen LogP contribution in [0.5, 0.6) is 17.4 Å². The minimum atomic E-state index is -0.160. The second-order valence-corrected chi connectivity index (χ2v) is 7.44. The lowest BCUT2D eigenvalue weighted by atomic mass is 10.3. The molecule has 0 spiro atoms. The summed E-state index contributed by atoms with van der Waals surface area (Å²) in [5.41, 5.74) is 0.524. The van der Waals surface area contributed by atoms with Gasteiger partial charge in [0.05, 0.1) is 23.6 Å². The first-order chi connectivity index (χ1) is 13.5. The lowest BCUT2D eigenvalue weighted by Crippen LogP contribution is -2.14. The van der Waals surface area contributed by atoms with E-state index in [0.29, 0.717) is 16.5 Å². The first kappa shape index (κ1) is 20.3. The summed E-state index contributed by atoms with van der Waals surface area (Å²) in [7, 11) is 1.61. The fourth-order valence-corrected chi connectivity index (χ4v) is 3.36. The summed E-state index contributed by atoms with van der Waals surface area (Å²) in [5, 5.41) is 3.54. The number of methoxy groups -OCH3 is 1. The molecular weight excluding hydrogens is 419 g/mol. The molecule has 3 aromatic rings. The quantitative estimate of drug-likeness (QED) is 0.467. The highest BCUT2D eigenvalue weighted by Crippen LogP contribution is 2.33. The molecule has 3 rings (SSSR count). The van der Waals surface area contributed by atoms with Crippen molar-refractivity contribution in [3.8, 4) is 17.4 Å². The smallest absolute Gasteiger partial charge is 0.238 e. The molecule has 0 saturated heterocycles. The number of aromatic nitrogens is 1. The lowest BCUT2D eigenvalue weighted by Gasteiger charge is -2.12. The summed E-state index contributed by atoms with van der Waals surface area (Å²) in [6.07, 6.45) is 1.44. The minimum absolute atomic E-state index is 0.160. The van der Waals surface area contributed by atoms with E-state index in [1.807, 2.05) is 24.3 Å². The Hall–Kier alpha value is -2.41. The van der Waals surface area contributed by atoms with Crippen LogP contribution in [0.3, 0.4) is 0 Å². The van der Waals surface area contributed by atoms with E-state index in [9.17, 15) is 4.79 Å². The number of ether oxygens (including phenoxy) is 2. The number of anilines is 1. The highest BCUT2D eigenvalue weighted by Gasteiger charge is 2.12. The number of thioether (sulfide) groups is 1. The van der Waals surface area contributed by atoms with Gasteiger partial charge in [-0.25, -0.2) is 4.98 Å². The van der Waals surface area contributed by atoms with Crippen LogP contribution in [0.2, 0.25) is 10.0 Å². The Morgan fingerprint density at radius 3 is 2.61 bits per heavy atom. The maximum absolute atomic E-state index is 12.4. The largest absolute Gasteiger partial charge is 0.497 e. The van der Waals surface area contributed by atoms with Gasteiger partial charge in [-0.3, -0.25) is 4.79 Å². The second kappa shape index (κ2) is 9.68. The Morgan fingerprint density at radius 1 is 1.14 bits per heavy atom. The Morgan fingerprint density at radius 2 is 1.89 bits per heavy atom. The van der Waals surface area contributed by atoms with Crippen molar-refractivity contribution >= 4 is 46.6 Å². The number of pyridine rings is 1. The maximum Gasteiger partial charge on any atom is 0.238 e. The van der Waals surface area contributed by atoms with Crippen LogP contribution in [0, 0.1) is 0 Å². The summed E-state index contributed by atoms with van der Waals surface area (Å²) in [5.74, 6) is 1.50. The molecule has 0 aliphatic carbocycles. The number of hydrogen-bond acceptors (Lipinski definition) is 5. The molecule has 1 heterocycles. The lowest BCUT2D eigenvalue weighted by molar-refractivity contribution is -0.113. The molecule has 0 aliphatic heterocycles. The van der Waals surface area contributed by atoms with Gasteiger partial charge in [-0.2, -0.15) is 0 Å². The van der Waals surface area contributed by atoms with Gasteiger partial charge < -0.3 is 14.8 Å². The molecule has 28 heavy (non-hydrogen) atoms. The number of benzene rings is 2. The number of nitrogens with zero attached hydrogens (tertiary/aromatic N) is 1. The van der Waals surface area contributed by atoms with Gasteiger partial charge in [-0.05, 0) is 42.5 Å². The van der Waals surface area contributed by atoms with Crippen molar-refractivity contribution in [2.75, 3.05) is 18.2 Å². The van der Waals surface area contributed by atoms with E-state index in [-0.39, 0.29) is 22.6 Å². The summed E-state index contributed by atoms with van der Waals surface area (Å²) < 4.78 is 10.9. The zero-order valence-corrected chi connectivity index (χ0v) is 17.1. The summed E-state index contributed by atoms with van der Waals surface area (Å²) in [4.78, 5) is 17.4. The van der Waals surface area contributed by atoms with E-state index in [2.05, 4.69) is 10.3 Å². The highest BCUT2D eigenvalue weighted by molar-refractivity contribution is 8.00. The van der Waals surface area contributed by atoms with Gasteiger partial charge in [-0.1, -0.05) is 35.3 Å².